The number of rotatable bonds is 9. The van der Waals surface area contributed by atoms with Crippen molar-refractivity contribution in [2.24, 2.45) is 5.10 Å². The van der Waals surface area contributed by atoms with E-state index in [0.29, 0.717) is 18.0 Å². The molecule has 0 saturated heterocycles. The van der Waals surface area contributed by atoms with E-state index in [1.807, 2.05) is 48.5 Å². The van der Waals surface area contributed by atoms with E-state index in [9.17, 15) is 9.59 Å². The van der Waals surface area contributed by atoms with Gasteiger partial charge >= 0.3 is 0 Å². The molecule has 2 N–H and O–H groups in total. The van der Waals surface area contributed by atoms with Crippen LogP contribution in [0.3, 0.4) is 0 Å². The first kappa shape index (κ1) is 23.0. The molecule has 0 atom stereocenters. The molecule has 0 aliphatic carbocycles. The van der Waals surface area contributed by atoms with E-state index in [1.54, 1.807) is 31.4 Å². The fourth-order valence-corrected chi connectivity index (χ4v) is 2.91. The molecule has 0 aliphatic heterocycles. The highest BCUT2D eigenvalue weighted by Gasteiger charge is 2.09. The molecule has 8 heteroatoms. The maximum Gasteiger partial charge on any atom is 0.249 e. The molecular weight excluding hydrogens is 474 g/mol. The zero-order valence-corrected chi connectivity index (χ0v) is 19.0. The van der Waals surface area contributed by atoms with Crippen molar-refractivity contribution in [3.63, 3.8) is 0 Å². The number of nitrogens with one attached hydrogen (secondary N) is 2. The van der Waals surface area contributed by atoms with E-state index in [4.69, 9.17) is 9.47 Å². The standard InChI is InChI=1S/C24H22BrN3O4/c1-31-21-12-8-20(9-13-21)27-23(29)14-24(30)28-26-15-17-4-10-22(11-5-17)32-16-18-2-6-19(25)7-3-18/h2-13,15H,14,16H2,1H3,(H,27,29)(H,28,30). The van der Waals surface area contributed by atoms with Crippen LogP contribution >= 0.6 is 15.9 Å². The SMILES string of the molecule is COc1ccc(NC(=O)CC(=O)NN=Cc2ccc(OCc3ccc(Br)cc3)cc2)cc1. The Morgan fingerprint density at radius 1 is 0.906 bits per heavy atom. The minimum atomic E-state index is -0.512. The minimum absolute atomic E-state index is 0.341. The molecule has 0 fully saturated rings. The van der Waals surface area contributed by atoms with E-state index in [2.05, 4.69) is 31.8 Å². The number of halogens is 1. The maximum absolute atomic E-state index is 12.0. The molecule has 0 unspecified atom stereocenters. The lowest BCUT2D eigenvalue weighted by Gasteiger charge is -2.07. The highest BCUT2D eigenvalue weighted by Crippen LogP contribution is 2.16. The van der Waals surface area contributed by atoms with Gasteiger partial charge in [0.25, 0.3) is 0 Å². The zero-order chi connectivity index (χ0) is 22.8. The lowest BCUT2D eigenvalue weighted by Crippen LogP contribution is -2.24. The van der Waals surface area contributed by atoms with Crippen LogP contribution in [0.25, 0.3) is 0 Å². The molecule has 164 valence electrons. The van der Waals surface area contributed by atoms with E-state index in [0.717, 1.165) is 21.3 Å². The van der Waals surface area contributed by atoms with Gasteiger partial charge in [-0.25, -0.2) is 5.43 Å². The lowest BCUT2D eigenvalue weighted by molar-refractivity contribution is -0.126. The summed E-state index contributed by atoms with van der Waals surface area (Å²) in [6.07, 6.45) is 1.16. The number of carbonyl (C=O) groups is 2. The monoisotopic (exact) mass is 495 g/mol. The van der Waals surface area contributed by atoms with E-state index in [1.165, 1.54) is 6.21 Å². The van der Waals surface area contributed by atoms with Crippen LogP contribution in [0.15, 0.2) is 82.4 Å². The van der Waals surface area contributed by atoms with Crippen molar-refractivity contribution in [2.45, 2.75) is 13.0 Å². The van der Waals surface area contributed by atoms with Gasteiger partial charge < -0.3 is 14.8 Å². The molecule has 0 aliphatic rings. The predicted octanol–water partition coefficient (Wildman–Crippen LogP) is 4.52. The van der Waals surface area contributed by atoms with Crippen LogP contribution in [0.1, 0.15) is 17.5 Å². The first-order valence-electron chi connectivity index (χ1n) is 9.75. The van der Waals surface area contributed by atoms with Gasteiger partial charge in [0.05, 0.1) is 13.3 Å². The van der Waals surface area contributed by atoms with Crippen molar-refractivity contribution in [3.05, 3.63) is 88.4 Å². The molecule has 3 rings (SSSR count). The average molecular weight is 496 g/mol. The van der Waals surface area contributed by atoms with Gasteiger partial charge in [0.15, 0.2) is 0 Å². The predicted molar refractivity (Wildman–Crippen MR) is 127 cm³/mol. The number of nitrogens with zero attached hydrogens (tertiary/aromatic N) is 1. The van der Waals surface area contributed by atoms with Crippen LogP contribution in [0, 0.1) is 0 Å². The Morgan fingerprint density at radius 2 is 1.56 bits per heavy atom. The van der Waals surface area contributed by atoms with Gasteiger partial charge in [-0.05, 0) is 71.8 Å². The number of hydrogen-bond acceptors (Lipinski definition) is 5. The number of anilines is 1. The second-order valence-corrected chi connectivity index (χ2v) is 7.65. The van der Waals surface area contributed by atoms with Gasteiger partial charge in [0.2, 0.25) is 11.8 Å². The lowest BCUT2D eigenvalue weighted by atomic mass is 10.2. The summed E-state index contributed by atoms with van der Waals surface area (Å²) in [4.78, 5) is 23.9. The van der Waals surface area contributed by atoms with Crippen molar-refractivity contribution in [1.82, 2.24) is 5.43 Å². The summed E-state index contributed by atoms with van der Waals surface area (Å²) < 4.78 is 11.8. The number of amides is 2. The van der Waals surface area contributed by atoms with Crippen molar-refractivity contribution in [1.29, 1.82) is 0 Å². The molecule has 0 bridgehead atoms. The van der Waals surface area contributed by atoms with Crippen LogP contribution in [0.4, 0.5) is 5.69 Å². The Balaban J connectivity index is 1.40. The van der Waals surface area contributed by atoms with Crippen LogP contribution in [-0.4, -0.2) is 25.1 Å². The molecule has 3 aromatic carbocycles. The van der Waals surface area contributed by atoms with E-state index >= 15 is 0 Å². The quantitative estimate of drug-likeness (QED) is 0.259. The molecule has 0 spiro atoms. The highest BCUT2D eigenvalue weighted by molar-refractivity contribution is 9.10. The summed E-state index contributed by atoms with van der Waals surface area (Å²) in [6.45, 7) is 0.468. The molecule has 2 amide bonds. The number of hydrazone groups is 1. The fourth-order valence-electron chi connectivity index (χ4n) is 2.64. The first-order valence-corrected chi connectivity index (χ1v) is 10.5. The smallest absolute Gasteiger partial charge is 0.249 e. The molecule has 0 saturated carbocycles. The Bertz CT molecular complexity index is 1070. The van der Waals surface area contributed by atoms with Crippen LogP contribution in [-0.2, 0) is 16.2 Å². The van der Waals surface area contributed by atoms with Crippen LogP contribution in [0.2, 0.25) is 0 Å². The summed E-state index contributed by atoms with van der Waals surface area (Å²) in [7, 11) is 1.56. The van der Waals surface area contributed by atoms with Crippen LogP contribution < -0.4 is 20.2 Å². The van der Waals surface area contributed by atoms with Crippen molar-refractivity contribution < 1.29 is 19.1 Å². The Morgan fingerprint density at radius 3 is 2.22 bits per heavy atom. The number of carbonyl (C=O) groups excluding carboxylic acids is 2. The summed E-state index contributed by atoms with van der Waals surface area (Å²) in [5.74, 6) is 0.459. The van der Waals surface area contributed by atoms with Gasteiger partial charge in [-0.1, -0.05) is 28.1 Å². The fraction of sp³-hybridized carbons (Fsp3) is 0.125. The number of benzene rings is 3. The van der Waals surface area contributed by atoms with E-state index in [-0.39, 0.29) is 6.42 Å². The number of hydrogen-bond donors (Lipinski definition) is 2. The topological polar surface area (TPSA) is 89.0 Å². The maximum atomic E-state index is 12.0. The van der Waals surface area contributed by atoms with Gasteiger partial charge in [-0.2, -0.15) is 5.10 Å². The summed E-state index contributed by atoms with van der Waals surface area (Å²) in [6, 6.07) is 22.0. The normalized spacial score (nSPS) is 10.6. The second kappa shape index (κ2) is 11.7. The average Bonchev–Trinajstić information content (AvgIpc) is 2.80. The van der Waals surface area contributed by atoms with Crippen molar-refractivity contribution in [2.75, 3.05) is 12.4 Å². The minimum Gasteiger partial charge on any atom is -0.497 e. The third-order valence-electron chi connectivity index (χ3n) is 4.30. The molecule has 3 aromatic rings. The summed E-state index contributed by atoms with van der Waals surface area (Å²) >= 11 is 3.41. The Labute approximate surface area is 194 Å². The molecule has 7 nitrogen and oxygen atoms in total. The van der Waals surface area contributed by atoms with E-state index < -0.39 is 11.8 Å². The third kappa shape index (κ3) is 7.55. The molecule has 0 heterocycles. The third-order valence-corrected chi connectivity index (χ3v) is 4.83. The Kier molecular flexibility index (Phi) is 8.39. The molecule has 0 radical (unpaired) electrons. The van der Waals surface area contributed by atoms with Gasteiger partial charge in [0, 0.05) is 10.2 Å². The highest BCUT2D eigenvalue weighted by atomic mass is 79.9. The molecule has 0 aromatic heterocycles. The van der Waals surface area contributed by atoms with Gasteiger partial charge in [-0.15, -0.1) is 0 Å². The van der Waals surface area contributed by atoms with Gasteiger partial charge in [0.1, 0.15) is 24.5 Å². The number of ether oxygens (including phenoxy) is 2. The largest absolute Gasteiger partial charge is 0.497 e. The summed E-state index contributed by atoms with van der Waals surface area (Å²) in [5.41, 5.74) is 4.77. The van der Waals surface area contributed by atoms with Crippen molar-refractivity contribution >= 4 is 39.6 Å². The zero-order valence-electron chi connectivity index (χ0n) is 17.4. The summed E-state index contributed by atoms with van der Waals surface area (Å²) in [5, 5.41) is 6.53. The number of methoxy groups -OCH3 is 1. The molecular formula is C24H22BrN3O4. The molecule has 32 heavy (non-hydrogen) atoms. The second-order valence-electron chi connectivity index (χ2n) is 6.73. The Hall–Kier alpha value is -3.65. The van der Waals surface area contributed by atoms with Crippen molar-refractivity contribution in [3.8, 4) is 11.5 Å². The van der Waals surface area contributed by atoms with Crippen LogP contribution in [0.5, 0.6) is 11.5 Å². The first-order chi connectivity index (χ1) is 15.5. The van der Waals surface area contributed by atoms with Gasteiger partial charge in [-0.3, -0.25) is 9.59 Å².